The van der Waals surface area contributed by atoms with Gasteiger partial charge in [0.05, 0.1) is 20.0 Å². The molecule has 0 aliphatic carbocycles. The summed E-state index contributed by atoms with van der Waals surface area (Å²) in [6.07, 6.45) is 1.42. The number of carbonyl (C=O) groups is 1. The normalized spacial score (nSPS) is 12.4. The lowest BCUT2D eigenvalue weighted by Gasteiger charge is -2.21. The quantitative estimate of drug-likeness (QED) is 0.467. The predicted octanol–water partition coefficient (Wildman–Crippen LogP) is 3.01. The molecular weight excluding hydrogens is 472 g/mol. The number of nitrogens with zero attached hydrogens (tertiary/aromatic N) is 2. The Morgan fingerprint density at radius 2 is 1.59 bits per heavy atom. The lowest BCUT2D eigenvalue weighted by atomic mass is 10.2. The summed E-state index contributed by atoms with van der Waals surface area (Å²) in [5, 5.41) is 8.09. The summed E-state index contributed by atoms with van der Waals surface area (Å²) < 4.78 is 50.7. The van der Waals surface area contributed by atoms with E-state index in [-0.39, 0.29) is 20.5 Å². The molecule has 3 rings (SSSR count). The second kappa shape index (κ2) is 9.63. The fourth-order valence-electron chi connectivity index (χ4n) is 3.08. The molecule has 0 unspecified atom stereocenters. The van der Waals surface area contributed by atoms with Gasteiger partial charge in [-0.2, -0.15) is 4.31 Å². The Bertz CT molecular complexity index is 1330. The maximum Gasteiger partial charge on any atom is 0.257 e. The zero-order valence-corrected chi connectivity index (χ0v) is 20.1. The van der Waals surface area contributed by atoms with Gasteiger partial charge in [0.2, 0.25) is 20.0 Å². The van der Waals surface area contributed by atoms with Crippen LogP contribution in [0.1, 0.15) is 37.0 Å². The number of hydrogen-bond donors (Lipinski definition) is 2. The van der Waals surface area contributed by atoms with Gasteiger partial charge in [0.25, 0.3) is 5.91 Å². The van der Waals surface area contributed by atoms with E-state index < -0.39 is 26.0 Å². The minimum Gasteiger partial charge on any atom is -0.298 e. The molecule has 1 amide bonds. The van der Waals surface area contributed by atoms with Crippen LogP contribution < -0.4 is 10.5 Å². The van der Waals surface area contributed by atoms with Crippen LogP contribution in [-0.4, -0.2) is 45.1 Å². The monoisotopic (exact) mass is 496 g/mol. The van der Waals surface area contributed by atoms with E-state index in [0.717, 1.165) is 11.3 Å². The van der Waals surface area contributed by atoms with Crippen LogP contribution in [0.25, 0.3) is 10.2 Å². The average Bonchev–Trinajstić information content (AvgIpc) is 3.14. The SMILES string of the molecule is CCCN(CCC)S(=O)(=O)c1ccc(C(=O)Nc2nc3ccc(S(N)(=O)=O)cc3s2)cc1. The fraction of sp³-hybridized carbons (Fsp3) is 0.300. The van der Waals surface area contributed by atoms with E-state index in [1.165, 1.54) is 46.8 Å². The minimum atomic E-state index is -3.84. The number of fused-ring (bicyclic) bond motifs is 1. The highest BCUT2D eigenvalue weighted by atomic mass is 32.2. The van der Waals surface area contributed by atoms with Crippen LogP contribution >= 0.6 is 11.3 Å². The van der Waals surface area contributed by atoms with Gasteiger partial charge in [0.15, 0.2) is 5.13 Å². The van der Waals surface area contributed by atoms with Crippen LogP contribution in [0.5, 0.6) is 0 Å². The Balaban J connectivity index is 1.79. The third kappa shape index (κ3) is 5.33. The molecule has 0 fully saturated rings. The summed E-state index contributed by atoms with van der Waals surface area (Å²) in [5.74, 6) is -0.460. The van der Waals surface area contributed by atoms with Crippen molar-refractivity contribution in [3.63, 3.8) is 0 Å². The van der Waals surface area contributed by atoms with E-state index in [1.54, 1.807) is 0 Å². The lowest BCUT2D eigenvalue weighted by Crippen LogP contribution is -2.32. The van der Waals surface area contributed by atoms with E-state index in [9.17, 15) is 21.6 Å². The Kier molecular flexibility index (Phi) is 7.30. The largest absolute Gasteiger partial charge is 0.298 e. The van der Waals surface area contributed by atoms with Crippen molar-refractivity contribution in [2.24, 2.45) is 5.14 Å². The molecule has 3 N–H and O–H groups in total. The third-order valence-corrected chi connectivity index (χ3v) is 8.37. The van der Waals surface area contributed by atoms with Gasteiger partial charge in [-0.3, -0.25) is 10.1 Å². The van der Waals surface area contributed by atoms with E-state index in [1.807, 2.05) is 13.8 Å². The molecule has 0 saturated carbocycles. The molecule has 12 heteroatoms. The molecule has 9 nitrogen and oxygen atoms in total. The zero-order valence-electron chi connectivity index (χ0n) is 17.6. The Morgan fingerprint density at radius 3 is 2.16 bits per heavy atom. The first-order chi connectivity index (χ1) is 15.1. The molecule has 172 valence electrons. The summed E-state index contributed by atoms with van der Waals surface area (Å²) in [7, 11) is -7.47. The van der Waals surface area contributed by atoms with Crippen LogP contribution in [0.4, 0.5) is 5.13 Å². The standard InChI is InChI=1S/C20H24N4O5S3/c1-3-11-24(12-4-2)32(28,29)15-7-5-14(6-8-15)19(25)23-20-22-17-10-9-16(31(21,26)27)13-18(17)30-20/h5-10,13H,3-4,11-12H2,1-2H3,(H2,21,26,27)(H,22,23,25). The van der Waals surface area contributed by atoms with Gasteiger partial charge in [-0.15, -0.1) is 0 Å². The molecule has 0 radical (unpaired) electrons. The van der Waals surface area contributed by atoms with Gasteiger partial charge < -0.3 is 0 Å². The number of rotatable bonds is 9. The van der Waals surface area contributed by atoms with E-state index >= 15 is 0 Å². The summed E-state index contributed by atoms with van der Waals surface area (Å²) >= 11 is 1.11. The topological polar surface area (TPSA) is 140 Å². The highest BCUT2D eigenvalue weighted by molar-refractivity contribution is 7.89. The fourth-order valence-corrected chi connectivity index (χ4v) is 6.22. The smallest absolute Gasteiger partial charge is 0.257 e. The molecule has 0 atom stereocenters. The third-order valence-electron chi connectivity index (χ3n) is 4.61. The first-order valence-corrected chi connectivity index (χ1v) is 13.7. The van der Waals surface area contributed by atoms with Crippen molar-refractivity contribution in [3.05, 3.63) is 48.0 Å². The van der Waals surface area contributed by atoms with E-state index in [0.29, 0.717) is 36.1 Å². The molecule has 1 aromatic heterocycles. The molecule has 1 heterocycles. The van der Waals surface area contributed by atoms with Crippen molar-refractivity contribution >= 4 is 52.6 Å². The summed E-state index contributed by atoms with van der Waals surface area (Å²) in [4.78, 5) is 17.0. The van der Waals surface area contributed by atoms with E-state index in [4.69, 9.17) is 5.14 Å². The van der Waals surface area contributed by atoms with Gasteiger partial charge in [0, 0.05) is 18.7 Å². The highest BCUT2D eigenvalue weighted by Crippen LogP contribution is 2.28. The minimum absolute atomic E-state index is 0.0384. The summed E-state index contributed by atoms with van der Waals surface area (Å²) in [6, 6.07) is 9.99. The van der Waals surface area contributed by atoms with Crippen molar-refractivity contribution in [2.45, 2.75) is 36.5 Å². The number of benzene rings is 2. The van der Waals surface area contributed by atoms with Gasteiger partial charge in [0.1, 0.15) is 0 Å². The molecule has 0 bridgehead atoms. The number of nitrogens with two attached hydrogens (primary N) is 1. The van der Waals surface area contributed by atoms with Crippen LogP contribution in [0.3, 0.4) is 0 Å². The number of hydrogen-bond acceptors (Lipinski definition) is 7. The number of anilines is 1. The van der Waals surface area contributed by atoms with Gasteiger partial charge in [-0.25, -0.2) is 27.0 Å². The molecule has 3 aromatic rings. The van der Waals surface area contributed by atoms with Gasteiger partial charge >= 0.3 is 0 Å². The van der Waals surface area contributed by atoms with Crippen molar-refractivity contribution in [3.8, 4) is 0 Å². The maximum atomic E-state index is 12.8. The van der Waals surface area contributed by atoms with Crippen molar-refractivity contribution in [2.75, 3.05) is 18.4 Å². The van der Waals surface area contributed by atoms with Crippen LogP contribution in [0.15, 0.2) is 52.3 Å². The van der Waals surface area contributed by atoms with Crippen molar-refractivity contribution in [1.29, 1.82) is 0 Å². The number of amides is 1. The Labute approximate surface area is 191 Å². The highest BCUT2D eigenvalue weighted by Gasteiger charge is 2.23. The zero-order chi connectivity index (χ0) is 23.5. The van der Waals surface area contributed by atoms with Crippen molar-refractivity contribution < 1.29 is 21.6 Å². The Hall–Kier alpha value is -2.38. The predicted molar refractivity (Wildman–Crippen MR) is 125 cm³/mol. The van der Waals surface area contributed by atoms with Gasteiger partial charge in [-0.1, -0.05) is 25.2 Å². The number of carbonyl (C=O) groups excluding carboxylic acids is 1. The Morgan fingerprint density at radius 1 is 1.00 bits per heavy atom. The van der Waals surface area contributed by atoms with Crippen LogP contribution in [0.2, 0.25) is 0 Å². The first-order valence-electron chi connectivity index (χ1n) is 9.91. The summed E-state index contributed by atoms with van der Waals surface area (Å²) in [5.41, 5.74) is 0.789. The molecule has 0 aliphatic rings. The second-order valence-corrected chi connectivity index (χ2v) is 11.6. The number of primary sulfonamides is 1. The number of sulfonamides is 2. The maximum absolute atomic E-state index is 12.8. The van der Waals surface area contributed by atoms with Gasteiger partial charge in [-0.05, 0) is 55.3 Å². The summed E-state index contributed by atoms with van der Waals surface area (Å²) in [6.45, 7) is 4.71. The average molecular weight is 497 g/mol. The van der Waals surface area contributed by atoms with Crippen molar-refractivity contribution in [1.82, 2.24) is 9.29 Å². The number of thiazole rings is 1. The van der Waals surface area contributed by atoms with Crippen LogP contribution in [-0.2, 0) is 20.0 Å². The molecule has 0 saturated heterocycles. The number of nitrogens with one attached hydrogen (secondary N) is 1. The molecular formula is C20H24N4O5S3. The molecule has 32 heavy (non-hydrogen) atoms. The molecule has 0 aliphatic heterocycles. The lowest BCUT2D eigenvalue weighted by molar-refractivity contribution is 0.102. The van der Waals surface area contributed by atoms with E-state index in [2.05, 4.69) is 10.3 Å². The number of aromatic nitrogens is 1. The molecule has 0 spiro atoms. The van der Waals surface area contributed by atoms with Crippen LogP contribution in [0, 0.1) is 0 Å². The second-order valence-electron chi connectivity index (χ2n) is 7.08. The first kappa shape index (κ1) is 24.3. The molecule has 2 aromatic carbocycles.